The van der Waals surface area contributed by atoms with Crippen LogP contribution in [0.5, 0.6) is 0 Å². The number of benzene rings is 1. The number of carbonyl (C=O) groups is 1. The number of hydrogen-bond acceptors (Lipinski definition) is 1. The lowest BCUT2D eigenvalue weighted by atomic mass is 9.78. The summed E-state index contributed by atoms with van der Waals surface area (Å²) in [5.41, 5.74) is 3.06. The molecular weight excluding hydrogens is 212 g/mol. The second-order valence-electron chi connectivity index (χ2n) is 5.59. The largest absolute Gasteiger partial charge is 0.481 e. The highest BCUT2D eigenvalue weighted by atomic mass is 16.4. The highest BCUT2D eigenvalue weighted by Gasteiger charge is 2.47. The van der Waals surface area contributed by atoms with Crippen LogP contribution in [0, 0.1) is 25.2 Å². The maximum absolute atomic E-state index is 11.5. The highest BCUT2D eigenvalue weighted by molar-refractivity contribution is 5.75. The molecule has 92 valence electrons. The van der Waals surface area contributed by atoms with Crippen LogP contribution >= 0.6 is 0 Å². The van der Waals surface area contributed by atoms with Crippen molar-refractivity contribution in [1.82, 2.24) is 0 Å². The molecule has 0 radical (unpaired) electrons. The minimum absolute atomic E-state index is 0.363. The summed E-state index contributed by atoms with van der Waals surface area (Å²) in [5, 5.41) is 9.43. The van der Waals surface area contributed by atoms with Crippen molar-refractivity contribution in [3.8, 4) is 0 Å². The summed E-state index contributed by atoms with van der Waals surface area (Å²) in [6.45, 7) is 6.05. The monoisotopic (exact) mass is 232 g/mol. The zero-order valence-corrected chi connectivity index (χ0v) is 10.8. The van der Waals surface area contributed by atoms with E-state index in [2.05, 4.69) is 32.0 Å². The van der Waals surface area contributed by atoms with Crippen molar-refractivity contribution in [1.29, 1.82) is 0 Å². The van der Waals surface area contributed by atoms with Crippen LogP contribution in [0.2, 0.25) is 0 Å². The fraction of sp³-hybridized carbons (Fsp3) is 0.533. The highest BCUT2D eigenvalue weighted by Crippen LogP contribution is 2.47. The average Bonchev–Trinajstić information content (AvgIpc) is 3.07. The molecule has 0 heterocycles. The van der Waals surface area contributed by atoms with Crippen LogP contribution in [0.1, 0.15) is 36.5 Å². The second-order valence-corrected chi connectivity index (χ2v) is 5.59. The van der Waals surface area contributed by atoms with Crippen molar-refractivity contribution >= 4 is 5.97 Å². The van der Waals surface area contributed by atoms with Crippen LogP contribution < -0.4 is 0 Å². The van der Waals surface area contributed by atoms with Crippen molar-refractivity contribution in [3.63, 3.8) is 0 Å². The Morgan fingerprint density at radius 3 is 2.47 bits per heavy atom. The van der Waals surface area contributed by atoms with E-state index in [1.165, 1.54) is 11.1 Å². The first-order valence-corrected chi connectivity index (χ1v) is 6.23. The molecule has 1 atom stereocenters. The van der Waals surface area contributed by atoms with Crippen LogP contribution in [-0.2, 0) is 11.2 Å². The zero-order valence-electron chi connectivity index (χ0n) is 10.8. The summed E-state index contributed by atoms with van der Waals surface area (Å²) < 4.78 is 0. The van der Waals surface area contributed by atoms with E-state index in [0.29, 0.717) is 12.3 Å². The molecule has 0 aromatic heterocycles. The zero-order chi connectivity index (χ0) is 12.6. The average molecular weight is 232 g/mol. The molecule has 1 fully saturated rings. The third-order valence-corrected chi connectivity index (χ3v) is 4.11. The van der Waals surface area contributed by atoms with E-state index in [1.54, 1.807) is 0 Å². The summed E-state index contributed by atoms with van der Waals surface area (Å²) in [5.74, 6) is -0.292. The van der Waals surface area contributed by atoms with Gasteiger partial charge in [-0.2, -0.15) is 0 Å². The van der Waals surface area contributed by atoms with Gasteiger partial charge in [0.05, 0.1) is 5.41 Å². The van der Waals surface area contributed by atoms with E-state index < -0.39 is 11.4 Å². The lowest BCUT2D eigenvalue weighted by molar-refractivity contribution is -0.149. The summed E-state index contributed by atoms with van der Waals surface area (Å²) >= 11 is 0. The maximum Gasteiger partial charge on any atom is 0.309 e. The van der Waals surface area contributed by atoms with Crippen LogP contribution in [-0.4, -0.2) is 11.1 Å². The molecule has 2 heteroatoms. The van der Waals surface area contributed by atoms with E-state index in [9.17, 15) is 9.90 Å². The number of carboxylic acids is 1. The summed E-state index contributed by atoms with van der Waals surface area (Å²) in [4.78, 5) is 11.5. The van der Waals surface area contributed by atoms with Crippen molar-refractivity contribution in [2.75, 3.05) is 0 Å². The Morgan fingerprint density at radius 2 is 2.00 bits per heavy atom. The Balaban J connectivity index is 2.23. The molecule has 0 amide bonds. The molecule has 0 aliphatic heterocycles. The SMILES string of the molecule is Cc1ccc(CC(C)(C(=O)O)C2CC2)cc1C. The Labute approximate surface area is 103 Å². The van der Waals surface area contributed by atoms with Gasteiger partial charge >= 0.3 is 5.97 Å². The van der Waals surface area contributed by atoms with Crippen LogP contribution in [0.3, 0.4) is 0 Å². The minimum Gasteiger partial charge on any atom is -0.481 e. The second kappa shape index (κ2) is 4.17. The molecule has 0 saturated heterocycles. The third-order valence-electron chi connectivity index (χ3n) is 4.11. The topological polar surface area (TPSA) is 37.3 Å². The number of rotatable bonds is 4. The normalized spacial score (nSPS) is 18.8. The molecule has 1 aliphatic carbocycles. The maximum atomic E-state index is 11.5. The molecular formula is C15H20O2. The molecule has 0 spiro atoms. The van der Waals surface area contributed by atoms with Crippen molar-refractivity contribution < 1.29 is 9.90 Å². The number of aryl methyl sites for hydroxylation is 2. The van der Waals surface area contributed by atoms with Gasteiger partial charge in [0.2, 0.25) is 0 Å². The van der Waals surface area contributed by atoms with Gasteiger partial charge in [-0.15, -0.1) is 0 Å². The summed E-state index contributed by atoms with van der Waals surface area (Å²) in [6, 6.07) is 6.27. The Morgan fingerprint density at radius 1 is 1.35 bits per heavy atom. The Kier molecular flexibility index (Phi) is 2.98. The quantitative estimate of drug-likeness (QED) is 0.864. The molecule has 0 bridgehead atoms. The van der Waals surface area contributed by atoms with Crippen LogP contribution in [0.25, 0.3) is 0 Å². The van der Waals surface area contributed by atoms with E-state index in [0.717, 1.165) is 18.4 Å². The number of carboxylic acid groups (broad SMARTS) is 1. The van der Waals surface area contributed by atoms with Gasteiger partial charge in [-0.1, -0.05) is 18.2 Å². The van der Waals surface area contributed by atoms with Crippen molar-refractivity contribution in [3.05, 3.63) is 34.9 Å². The van der Waals surface area contributed by atoms with Gasteiger partial charge in [0.1, 0.15) is 0 Å². The van der Waals surface area contributed by atoms with Gasteiger partial charge in [-0.25, -0.2) is 0 Å². The van der Waals surface area contributed by atoms with E-state index in [4.69, 9.17) is 0 Å². The van der Waals surface area contributed by atoms with Gasteiger partial charge in [0.15, 0.2) is 0 Å². The molecule has 1 saturated carbocycles. The molecule has 1 unspecified atom stereocenters. The fourth-order valence-corrected chi connectivity index (χ4v) is 2.45. The minimum atomic E-state index is -0.654. The van der Waals surface area contributed by atoms with Gasteiger partial charge < -0.3 is 5.11 Å². The van der Waals surface area contributed by atoms with Gasteiger partial charge in [0, 0.05) is 0 Å². The van der Waals surface area contributed by atoms with Crippen molar-refractivity contribution in [2.24, 2.45) is 11.3 Å². The van der Waals surface area contributed by atoms with Gasteiger partial charge in [-0.3, -0.25) is 4.79 Å². The Hall–Kier alpha value is -1.31. The summed E-state index contributed by atoms with van der Waals surface area (Å²) in [7, 11) is 0. The molecule has 17 heavy (non-hydrogen) atoms. The predicted octanol–water partition coefficient (Wildman–Crippen LogP) is 3.35. The number of hydrogen-bond donors (Lipinski definition) is 1. The predicted molar refractivity (Wildman–Crippen MR) is 68.1 cm³/mol. The number of aliphatic carboxylic acids is 1. The lowest BCUT2D eigenvalue weighted by Crippen LogP contribution is -2.32. The molecule has 1 aliphatic rings. The van der Waals surface area contributed by atoms with Gasteiger partial charge in [-0.05, 0) is 62.6 Å². The van der Waals surface area contributed by atoms with Crippen LogP contribution in [0.4, 0.5) is 0 Å². The first-order valence-electron chi connectivity index (χ1n) is 6.23. The van der Waals surface area contributed by atoms with Crippen molar-refractivity contribution in [2.45, 2.75) is 40.0 Å². The first-order chi connectivity index (χ1) is 7.93. The molecule has 1 aromatic carbocycles. The smallest absolute Gasteiger partial charge is 0.309 e. The Bertz CT molecular complexity index is 446. The molecule has 2 rings (SSSR count). The standard InChI is InChI=1S/C15H20O2/c1-10-4-5-12(8-11(10)2)9-15(3,14(16)17)13-6-7-13/h4-5,8,13H,6-7,9H2,1-3H3,(H,16,17). The van der Waals surface area contributed by atoms with E-state index in [-0.39, 0.29) is 0 Å². The fourth-order valence-electron chi connectivity index (χ4n) is 2.45. The molecule has 1 N–H and O–H groups in total. The van der Waals surface area contributed by atoms with Gasteiger partial charge in [0.25, 0.3) is 0 Å². The van der Waals surface area contributed by atoms with E-state index >= 15 is 0 Å². The van der Waals surface area contributed by atoms with Crippen LogP contribution in [0.15, 0.2) is 18.2 Å². The first kappa shape index (κ1) is 12.2. The van der Waals surface area contributed by atoms with E-state index in [1.807, 2.05) is 6.92 Å². The molecule has 1 aromatic rings. The molecule has 2 nitrogen and oxygen atoms in total. The third kappa shape index (κ3) is 2.36. The summed E-state index contributed by atoms with van der Waals surface area (Å²) in [6.07, 6.45) is 2.77. The lowest BCUT2D eigenvalue weighted by Gasteiger charge is -2.25.